The molecule has 3 rings (SSSR count). The first kappa shape index (κ1) is 21.1. The van der Waals surface area contributed by atoms with E-state index in [1.807, 2.05) is 0 Å². The number of nitrogens with one attached hydrogen (secondary N) is 1. The third-order valence-electron chi connectivity index (χ3n) is 6.57. The van der Waals surface area contributed by atoms with Crippen LogP contribution >= 0.6 is 0 Å². The molecule has 0 unspecified atom stereocenters. The van der Waals surface area contributed by atoms with E-state index in [-0.39, 0.29) is 0 Å². The van der Waals surface area contributed by atoms with Crippen molar-refractivity contribution in [3.8, 4) is 0 Å². The molecule has 1 aromatic heterocycles. The first-order chi connectivity index (χ1) is 13.4. The van der Waals surface area contributed by atoms with Crippen molar-refractivity contribution < 1.29 is 4.43 Å². The van der Waals surface area contributed by atoms with E-state index in [2.05, 4.69) is 89.1 Å². The van der Waals surface area contributed by atoms with Crippen molar-refractivity contribution in [3.63, 3.8) is 0 Å². The summed E-state index contributed by atoms with van der Waals surface area (Å²) in [7, 11) is -1.72. The van der Waals surface area contributed by atoms with Gasteiger partial charge in [0.2, 0.25) is 0 Å². The summed E-state index contributed by atoms with van der Waals surface area (Å²) in [5.41, 5.74) is 4.69. The largest absolute Gasteiger partial charge is 0.416 e. The first-order valence-corrected chi connectivity index (χ1v) is 13.1. The molecule has 0 fully saturated rings. The van der Waals surface area contributed by atoms with E-state index in [9.17, 15) is 0 Å². The first-order valence-electron chi connectivity index (χ1n) is 11.0. The lowest BCUT2D eigenvalue weighted by atomic mass is 10.0. The summed E-state index contributed by atoms with van der Waals surface area (Å²) in [5, 5.41) is 3.99. The van der Waals surface area contributed by atoms with Crippen molar-refractivity contribution in [2.75, 3.05) is 6.61 Å². The highest BCUT2D eigenvalue weighted by molar-refractivity contribution is 6.77. The van der Waals surface area contributed by atoms with Crippen LogP contribution in [-0.4, -0.2) is 19.9 Å². The highest BCUT2D eigenvalue weighted by Crippen LogP contribution is 2.42. The Balaban J connectivity index is 1.62. The van der Waals surface area contributed by atoms with Crippen LogP contribution in [0.15, 0.2) is 42.6 Å². The molecule has 0 radical (unpaired) electrons. The van der Waals surface area contributed by atoms with Gasteiger partial charge in [0, 0.05) is 23.6 Å². The fourth-order valence-electron chi connectivity index (χ4n) is 5.30. The lowest BCUT2D eigenvalue weighted by Crippen LogP contribution is -2.47. The molecular weight excluding hydrogens is 358 g/mol. The predicted octanol–water partition coefficient (Wildman–Crippen LogP) is 7.84. The molecule has 3 heteroatoms. The van der Waals surface area contributed by atoms with E-state index in [1.165, 1.54) is 33.7 Å². The van der Waals surface area contributed by atoms with E-state index in [1.54, 1.807) is 0 Å². The van der Waals surface area contributed by atoms with Gasteiger partial charge in [0.1, 0.15) is 0 Å². The molecule has 0 aliphatic heterocycles. The van der Waals surface area contributed by atoms with Crippen LogP contribution < -0.4 is 0 Å². The van der Waals surface area contributed by atoms with Crippen molar-refractivity contribution in [3.05, 3.63) is 48.2 Å². The summed E-state index contributed by atoms with van der Waals surface area (Å²) in [4.78, 5) is 3.52. The molecule has 0 aliphatic carbocycles. The maximum absolute atomic E-state index is 6.71. The Hall–Kier alpha value is -1.58. The van der Waals surface area contributed by atoms with Gasteiger partial charge in [-0.1, -0.05) is 77.9 Å². The second kappa shape index (κ2) is 8.83. The number of aryl methyl sites for hydroxylation is 1. The van der Waals surface area contributed by atoms with Gasteiger partial charge in [-0.05, 0) is 46.8 Å². The van der Waals surface area contributed by atoms with E-state index < -0.39 is 8.32 Å². The van der Waals surface area contributed by atoms with Gasteiger partial charge in [-0.25, -0.2) is 0 Å². The number of unbranched alkanes of at least 4 members (excludes halogenated alkanes) is 1. The van der Waals surface area contributed by atoms with Crippen molar-refractivity contribution in [2.45, 2.75) is 77.4 Å². The standard InChI is InChI=1S/C25H37NOSi/c1-18(2)28(19(3)4,20(5)6)27-16-10-9-12-22-17-26-25-23-13-8-7-11-21(23)14-15-24(22)25/h7-8,11,13-15,17-20,26H,9-10,12,16H2,1-6H3. The van der Waals surface area contributed by atoms with Gasteiger partial charge in [0.15, 0.2) is 8.32 Å². The van der Waals surface area contributed by atoms with Crippen LogP contribution in [0.4, 0.5) is 0 Å². The fourth-order valence-corrected chi connectivity index (χ4v) is 10.8. The Morgan fingerprint density at radius 3 is 2.18 bits per heavy atom. The van der Waals surface area contributed by atoms with Gasteiger partial charge in [0.05, 0.1) is 5.52 Å². The van der Waals surface area contributed by atoms with Crippen LogP contribution in [-0.2, 0) is 10.8 Å². The minimum atomic E-state index is -1.72. The third-order valence-corrected chi connectivity index (χ3v) is 12.7. The highest BCUT2D eigenvalue weighted by atomic mass is 28.4. The quantitative estimate of drug-likeness (QED) is 0.290. The monoisotopic (exact) mass is 395 g/mol. The van der Waals surface area contributed by atoms with Crippen molar-refractivity contribution in [1.82, 2.24) is 4.98 Å². The van der Waals surface area contributed by atoms with Crippen LogP contribution in [0.3, 0.4) is 0 Å². The third kappa shape index (κ3) is 3.92. The summed E-state index contributed by atoms with van der Waals surface area (Å²) >= 11 is 0. The van der Waals surface area contributed by atoms with Crippen LogP contribution in [0.25, 0.3) is 21.7 Å². The Bertz CT molecular complexity index is 887. The minimum Gasteiger partial charge on any atom is -0.416 e. The molecule has 2 aromatic carbocycles. The van der Waals surface area contributed by atoms with Crippen molar-refractivity contribution >= 4 is 30.0 Å². The number of H-pyrrole nitrogens is 1. The van der Waals surface area contributed by atoms with Gasteiger partial charge in [-0.15, -0.1) is 0 Å². The minimum absolute atomic E-state index is 0.661. The maximum atomic E-state index is 6.71. The maximum Gasteiger partial charge on any atom is 0.200 e. The normalized spacial score (nSPS) is 12.9. The molecule has 2 nitrogen and oxygen atoms in total. The molecule has 0 aliphatic rings. The number of benzene rings is 2. The molecule has 152 valence electrons. The summed E-state index contributed by atoms with van der Waals surface area (Å²) in [6.45, 7) is 15.1. The number of aromatic amines is 1. The average Bonchev–Trinajstić information content (AvgIpc) is 3.07. The molecule has 1 heterocycles. The summed E-state index contributed by atoms with van der Waals surface area (Å²) in [6.07, 6.45) is 5.63. The number of hydrogen-bond donors (Lipinski definition) is 1. The summed E-state index contributed by atoms with van der Waals surface area (Å²) in [6, 6.07) is 13.1. The molecule has 0 saturated heterocycles. The van der Waals surface area contributed by atoms with E-state index >= 15 is 0 Å². The zero-order valence-electron chi connectivity index (χ0n) is 18.5. The van der Waals surface area contributed by atoms with Gasteiger partial charge in [-0.2, -0.15) is 0 Å². The Labute approximate surface area is 171 Å². The second-order valence-corrected chi connectivity index (χ2v) is 14.6. The zero-order chi connectivity index (χ0) is 20.3. The van der Waals surface area contributed by atoms with Gasteiger partial charge < -0.3 is 9.41 Å². The molecule has 0 spiro atoms. The van der Waals surface area contributed by atoms with Crippen LogP contribution in [0.2, 0.25) is 16.6 Å². The van der Waals surface area contributed by atoms with E-state index in [0.29, 0.717) is 16.6 Å². The Morgan fingerprint density at radius 1 is 0.821 bits per heavy atom. The van der Waals surface area contributed by atoms with E-state index in [0.717, 1.165) is 19.4 Å². The molecule has 0 saturated carbocycles. The second-order valence-electron chi connectivity index (χ2n) is 9.15. The number of aromatic nitrogens is 1. The lowest BCUT2D eigenvalue weighted by molar-refractivity contribution is 0.269. The smallest absolute Gasteiger partial charge is 0.200 e. The van der Waals surface area contributed by atoms with Crippen molar-refractivity contribution in [2.24, 2.45) is 0 Å². The molecule has 28 heavy (non-hydrogen) atoms. The van der Waals surface area contributed by atoms with Gasteiger partial charge in [-0.3, -0.25) is 0 Å². The predicted molar refractivity (Wildman–Crippen MR) is 126 cm³/mol. The van der Waals surface area contributed by atoms with Crippen LogP contribution in [0, 0.1) is 0 Å². The molecule has 0 bridgehead atoms. The molecule has 0 amide bonds. The lowest BCUT2D eigenvalue weighted by Gasteiger charge is -2.42. The number of hydrogen-bond acceptors (Lipinski definition) is 1. The Kier molecular flexibility index (Phi) is 6.67. The SMILES string of the molecule is CC(C)[Si](OCCCCc1c[nH]c2c1ccc1ccccc12)(C(C)C)C(C)C. The average molecular weight is 396 g/mol. The van der Waals surface area contributed by atoms with Gasteiger partial charge >= 0.3 is 0 Å². The molecular formula is C25H37NOSi. The highest BCUT2D eigenvalue weighted by Gasteiger charge is 2.44. The van der Waals surface area contributed by atoms with Crippen LogP contribution in [0.5, 0.6) is 0 Å². The fraction of sp³-hybridized carbons (Fsp3) is 0.520. The molecule has 0 atom stereocenters. The summed E-state index contributed by atoms with van der Waals surface area (Å²) < 4.78 is 6.71. The van der Waals surface area contributed by atoms with Crippen LogP contribution in [0.1, 0.15) is 59.9 Å². The number of rotatable bonds is 9. The van der Waals surface area contributed by atoms with E-state index in [4.69, 9.17) is 4.43 Å². The molecule has 3 aromatic rings. The zero-order valence-corrected chi connectivity index (χ0v) is 19.5. The number of fused-ring (bicyclic) bond motifs is 3. The Morgan fingerprint density at radius 2 is 1.50 bits per heavy atom. The van der Waals surface area contributed by atoms with Crippen molar-refractivity contribution in [1.29, 1.82) is 0 Å². The topological polar surface area (TPSA) is 25.0 Å². The van der Waals surface area contributed by atoms with Gasteiger partial charge in [0.25, 0.3) is 0 Å². The summed E-state index contributed by atoms with van der Waals surface area (Å²) in [5.74, 6) is 0. The molecule has 1 N–H and O–H groups in total.